The van der Waals surface area contributed by atoms with Crippen molar-refractivity contribution in [3.63, 3.8) is 0 Å². The van der Waals surface area contributed by atoms with Crippen LogP contribution in [0.3, 0.4) is 0 Å². The number of esters is 1. The number of hydrogen-bond acceptors (Lipinski definition) is 10. The number of nitrogens with zero attached hydrogens (tertiary/aromatic N) is 4. The van der Waals surface area contributed by atoms with Gasteiger partial charge in [-0.15, -0.1) is 0 Å². The van der Waals surface area contributed by atoms with E-state index in [0.29, 0.717) is 69.0 Å². The second-order valence-corrected chi connectivity index (χ2v) is 18.2. The maximum absolute atomic E-state index is 14.3. The molecule has 2 aromatic carbocycles. The van der Waals surface area contributed by atoms with E-state index < -0.39 is 18.1 Å². The van der Waals surface area contributed by atoms with Gasteiger partial charge >= 0.3 is 12.1 Å². The van der Waals surface area contributed by atoms with Gasteiger partial charge in [-0.25, -0.2) is 9.78 Å². The number of benzene rings is 2. The van der Waals surface area contributed by atoms with E-state index in [9.17, 15) is 19.2 Å². The summed E-state index contributed by atoms with van der Waals surface area (Å²) in [5.74, 6) is 7.49. The molecule has 3 aromatic rings. The average molecular weight is 843 g/mol. The molecule has 5 aliphatic heterocycles. The summed E-state index contributed by atoms with van der Waals surface area (Å²) in [5.41, 5.74) is 4.79. The summed E-state index contributed by atoms with van der Waals surface area (Å²) < 4.78 is 21.1. The van der Waals surface area contributed by atoms with Crippen molar-refractivity contribution < 1.29 is 38.1 Å². The number of aromatic nitrogens is 2. The molecule has 7 aliphatic rings. The first-order valence-corrected chi connectivity index (χ1v) is 22.3. The lowest BCUT2D eigenvalue weighted by Gasteiger charge is -2.35. The lowest BCUT2D eigenvalue weighted by atomic mass is 9.82. The third-order valence-electron chi connectivity index (χ3n) is 14.6. The molecule has 0 bridgehead atoms. The van der Waals surface area contributed by atoms with Gasteiger partial charge in [0.1, 0.15) is 17.6 Å². The maximum Gasteiger partial charge on any atom is 0.407 e. The van der Waals surface area contributed by atoms with E-state index in [1.807, 2.05) is 17.2 Å². The number of methoxy groups -OCH3 is 2. The number of rotatable bonds is 10. The fourth-order valence-electron chi connectivity index (χ4n) is 11.0. The fraction of sp³-hybridized carbons (Fsp3) is 0.542. The van der Waals surface area contributed by atoms with E-state index in [2.05, 4.69) is 57.4 Å². The predicted molar refractivity (Wildman–Crippen MR) is 228 cm³/mol. The number of aliphatic imine (C=N–C) groups is 1. The van der Waals surface area contributed by atoms with Gasteiger partial charge in [0.2, 0.25) is 11.8 Å². The number of allylic oxidation sites excluding steroid dienone is 1. The van der Waals surface area contributed by atoms with Gasteiger partial charge in [0.25, 0.3) is 0 Å². The first-order chi connectivity index (χ1) is 30.3. The summed E-state index contributed by atoms with van der Waals surface area (Å²) in [4.78, 5) is 70.3. The molecule has 8 atom stereocenters. The molecule has 62 heavy (non-hydrogen) atoms. The zero-order valence-corrected chi connectivity index (χ0v) is 35.3. The van der Waals surface area contributed by atoms with Gasteiger partial charge in [0.05, 0.1) is 44.8 Å². The Kier molecular flexibility index (Phi) is 11.1. The normalized spacial score (nSPS) is 27.6. The van der Waals surface area contributed by atoms with Crippen LogP contribution in [0.1, 0.15) is 92.9 Å². The van der Waals surface area contributed by atoms with Crippen molar-refractivity contribution in [3.05, 3.63) is 71.4 Å². The van der Waals surface area contributed by atoms with Gasteiger partial charge in [-0.2, -0.15) is 0 Å². The van der Waals surface area contributed by atoms with E-state index >= 15 is 0 Å². The number of aromatic amines is 1. The quantitative estimate of drug-likeness (QED) is 0.197. The molecule has 2 aliphatic carbocycles. The molecule has 14 heteroatoms. The summed E-state index contributed by atoms with van der Waals surface area (Å²) in [7, 11) is 2.70. The Bertz CT molecular complexity index is 2390. The number of hydrogen-bond donors (Lipinski definition) is 2. The van der Waals surface area contributed by atoms with Crippen LogP contribution in [0.25, 0.3) is 16.3 Å². The summed E-state index contributed by atoms with van der Waals surface area (Å²) in [6.45, 7) is 2.35. The molecule has 6 heterocycles. The van der Waals surface area contributed by atoms with Crippen LogP contribution in [-0.2, 0) is 33.3 Å². The Morgan fingerprint density at radius 2 is 1.50 bits per heavy atom. The minimum absolute atomic E-state index is 0.0261. The van der Waals surface area contributed by atoms with E-state index in [1.165, 1.54) is 14.2 Å². The van der Waals surface area contributed by atoms with Crippen LogP contribution in [0.2, 0.25) is 0 Å². The molecule has 14 nitrogen and oxygen atoms in total. The summed E-state index contributed by atoms with van der Waals surface area (Å²) >= 11 is 0. The molecule has 1 aromatic heterocycles. The third-order valence-corrected chi connectivity index (χ3v) is 14.6. The molecule has 6 fully saturated rings. The lowest BCUT2D eigenvalue weighted by molar-refractivity contribution is -0.150. The second kappa shape index (κ2) is 17.0. The number of imidazole rings is 1. The standard InChI is InChI=1S/C48H54N6O8/c1-59-43(55)24-37(28-9-13-61-14-10-28)46(56)53-39-20-33(39)22-41(53)38-19-35(25-49-38)32-7-6-30-17-27(3-5-31(30)18-32)4-8-36-26-50-45(51-36)42-23-34-21-40(34)54(42)47(57)44(52-48(58)60-2)29-11-15-62-16-12-29/h3,5-7,17-18,25-26,28-29,33-34,37,39-42,44H,9-16,19-24H2,1-2H3,(H,50,51)(H,52,58)/t33-,34-,37+,39-,40-,41+,42+,44?/m1/s1. The molecular formula is C48H54N6O8. The number of amides is 3. The van der Waals surface area contributed by atoms with Crippen molar-refractivity contribution in [2.75, 3.05) is 40.6 Å². The number of H-pyrrole nitrogens is 1. The third kappa shape index (κ3) is 8.01. The molecule has 324 valence electrons. The van der Waals surface area contributed by atoms with E-state index in [4.69, 9.17) is 28.9 Å². The van der Waals surface area contributed by atoms with Gasteiger partial charge in [0, 0.05) is 62.4 Å². The number of fused-ring (bicyclic) bond motifs is 3. The Hall–Kier alpha value is -5.52. The van der Waals surface area contributed by atoms with E-state index in [-0.39, 0.29) is 60.2 Å². The van der Waals surface area contributed by atoms with Gasteiger partial charge in [-0.1, -0.05) is 24.1 Å². The highest BCUT2D eigenvalue weighted by Crippen LogP contribution is 2.54. The molecule has 10 rings (SSSR count). The molecule has 2 N–H and O–H groups in total. The van der Waals surface area contributed by atoms with Crippen LogP contribution < -0.4 is 5.32 Å². The highest BCUT2D eigenvalue weighted by Gasteiger charge is 2.58. The predicted octanol–water partition coefficient (Wildman–Crippen LogP) is 5.56. The van der Waals surface area contributed by atoms with Crippen molar-refractivity contribution in [1.82, 2.24) is 25.1 Å². The average Bonchev–Trinajstić information content (AvgIpc) is 3.90. The molecular weight excluding hydrogens is 789 g/mol. The monoisotopic (exact) mass is 842 g/mol. The van der Waals surface area contributed by atoms with Crippen molar-refractivity contribution in [2.45, 2.75) is 94.4 Å². The first kappa shape index (κ1) is 40.5. The summed E-state index contributed by atoms with van der Waals surface area (Å²) in [6.07, 6.45) is 10.5. The van der Waals surface area contributed by atoms with Crippen molar-refractivity contribution >= 4 is 45.9 Å². The number of likely N-dealkylation sites (tertiary alicyclic amines) is 2. The topological polar surface area (TPSA) is 165 Å². The van der Waals surface area contributed by atoms with Crippen molar-refractivity contribution in [1.29, 1.82) is 0 Å². The Balaban J connectivity index is 0.795. The van der Waals surface area contributed by atoms with Crippen LogP contribution in [0, 0.1) is 41.4 Å². The lowest BCUT2D eigenvalue weighted by Crippen LogP contribution is -2.54. The number of carbonyl (C=O) groups is 4. The molecule has 0 radical (unpaired) electrons. The molecule has 2 saturated carbocycles. The van der Waals surface area contributed by atoms with Gasteiger partial charge in [-0.3, -0.25) is 19.4 Å². The van der Waals surface area contributed by atoms with E-state index in [1.54, 1.807) is 6.20 Å². The van der Waals surface area contributed by atoms with Crippen LogP contribution in [0.4, 0.5) is 4.79 Å². The van der Waals surface area contributed by atoms with Crippen molar-refractivity contribution in [2.24, 2.45) is 34.6 Å². The zero-order chi connectivity index (χ0) is 42.5. The number of nitrogens with one attached hydrogen (secondary N) is 2. The van der Waals surface area contributed by atoms with Crippen LogP contribution in [0.5, 0.6) is 0 Å². The van der Waals surface area contributed by atoms with Crippen LogP contribution in [0.15, 0.2) is 53.8 Å². The number of carbonyl (C=O) groups excluding carboxylic acids is 4. The first-order valence-electron chi connectivity index (χ1n) is 22.3. The number of piperidine rings is 2. The largest absolute Gasteiger partial charge is 0.469 e. The molecule has 3 amide bonds. The Labute approximate surface area is 361 Å². The number of alkyl carbamates (subject to hydrolysis) is 1. The molecule has 0 spiro atoms. The second-order valence-electron chi connectivity index (χ2n) is 18.2. The zero-order valence-electron chi connectivity index (χ0n) is 35.3. The van der Waals surface area contributed by atoms with Crippen LogP contribution in [-0.4, -0.2) is 114 Å². The van der Waals surface area contributed by atoms with Gasteiger partial charge in [0.15, 0.2) is 0 Å². The SMILES string of the molecule is COC(=O)C[C@H](C(=O)N1[C@@H]2C[C@@H]2C[C@H]1C1=NC=C(c2ccc3cc(C#Cc4cnc([C@@H]5C[C@H]6C[C@H]6N5C(=O)C(NC(=O)OC)C5CCOCC5)[nH]4)ccc3c2)C1)C1CCOCC1. The highest BCUT2D eigenvalue weighted by molar-refractivity contribution is 6.04. The van der Waals surface area contributed by atoms with E-state index in [0.717, 1.165) is 71.7 Å². The fourth-order valence-corrected chi connectivity index (χ4v) is 11.0. The smallest absolute Gasteiger partial charge is 0.407 e. The minimum Gasteiger partial charge on any atom is -0.469 e. The Morgan fingerprint density at radius 3 is 2.23 bits per heavy atom. The highest BCUT2D eigenvalue weighted by atomic mass is 16.5. The summed E-state index contributed by atoms with van der Waals surface area (Å²) in [6, 6.07) is 12.1. The van der Waals surface area contributed by atoms with Gasteiger partial charge in [-0.05, 0) is 121 Å². The van der Waals surface area contributed by atoms with Gasteiger partial charge < -0.3 is 39.0 Å². The summed E-state index contributed by atoms with van der Waals surface area (Å²) in [5, 5.41) is 5.01. The molecule has 1 unspecified atom stereocenters. The maximum atomic E-state index is 14.3. The number of ether oxygens (including phenoxy) is 4. The molecule has 4 saturated heterocycles. The van der Waals surface area contributed by atoms with Crippen molar-refractivity contribution in [3.8, 4) is 11.8 Å². The van der Waals surface area contributed by atoms with Crippen LogP contribution >= 0.6 is 0 Å². The minimum atomic E-state index is -0.681. The Morgan fingerprint density at radius 1 is 0.823 bits per heavy atom.